The molecule has 0 fully saturated rings. The molecule has 3 rings (SSSR count). The third-order valence-corrected chi connectivity index (χ3v) is 5.10. The third kappa shape index (κ3) is 4.96. The maximum absolute atomic E-state index is 12.4. The van der Waals surface area contributed by atoms with E-state index in [0.29, 0.717) is 24.1 Å². The molecular formula is C20H23N5O2S. The van der Waals surface area contributed by atoms with Crippen molar-refractivity contribution in [2.75, 3.05) is 20.3 Å². The average Bonchev–Trinajstić information content (AvgIpc) is 3.15. The Bertz CT molecular complexity index is 886. The fourth-order valence-electron chi connectivity index (χ4n) is 2.63. The van der Waals surface area contributed by atoms with Crippen molar-refractivity contribution in [3.8, 4) is 17.1 Å². The Kier molecular flexibility index (Phi) is 7.16. The Balaban J connectivity index is 1.83. The molecule has 0 aliphatic rings. The van der Waals surface area contributed by atoms with Crippen LogP contribution in [0.2, 0.25) is 0 Å². The van der Waals surface area contributed by atoms with Crippen LogP contribution in [0.1, 0.15) is 13.3 Å². The van der Waals surface area contributed by atoms with Gasteiger partial charge >= 0.3 is 0 Å². The van der Waals surface area contributed by atoms with E-state index in [0.717, 1.165) is 17.7 Å². The lowest BCUT2D eigenvalue weighted by atomic mass is 10.2. The van der Waals surface area contributed by atoms with Crippen molar-refractivity contribution in [3.05, 3.63) is 54.9 Å². The summed E-state index contributed by atoms with van der Waals surface area (Å²) in [5.74, 6) is 0.679. The van der Waals surface area contributed by atoms with E-state index < -0.39 is 0 Å². The largest absolute Gasteiger partial charge is 0.385 e. The van der Waals surface area contributed by atoms with Crippen LogP contribution in [0.15, 0.2) is 60.0 Å². The molecule has 7 nitrogen and oxygen atoms in total. The first kappa shape index (κ1) is 20.0. The summed E-state index contributed by atoms with van der Waals surface area (Å²) < 4.78 is 6.97. The van der Waals surface area contributed by atoms with Crippen molar-refractivity contribution in [2.45, 2.75) is 23.8 Å². The Labute approximate surface area is 168 Å². The molecule has 1 aromatic carbocycles. The van der Waals surface area contributed by atoms with Gasteiger partial charge in [-0.1, -0.05) is 30.0 Å². The minimum Gasteiger partial charge on any atom is -0.385 e. The van der Waals surface area contributed by atoms with Gasteiger partial charge < -0.3 is 10.1 Å². The molecular weight excluding hydrogens is 374 g/mol. The topological polar surface area (TPSA) is 81.9 Å². The minimum absolute atomic E-state index is 0.0332. The van der Waals surface area contributed by atoms with Gasteiger partial charge in [-0.05, 0) is 37.6 Å². The summed E-state index contributed by atoms with van der Waals surface area (Å²) in [5.41, 5.74) is 1.85. The van der Waals surface area contributed by atoms with Crippen LogP contribution in [0.3, 0.4) is 0 Å². The van der Waals surface area contributed by atoms with Crippen molar-refractivity contribution in [1.82, 2.24) is 25.1 Å². The predicted octanol–water partition coefficient (Wildman–Crippen LogP) is 2.96. The predicted molar refractivity (Wildman–Crippen MR) is 109 cm³/mol. The van der Waals surface area contributed by atoms with Crippen LogP contribution in [-0.2, 0) is 9.53 Å². The Morgan fingerprint density at radius 1 is 1.18 bits per heavy atom. The van der Waals surface area contributed by atoms with Crippen molar-refractivity contribution in [3.63, 3.8) is 0 Å². The quantitative estimate of drug-likeness (QED) is 0.442. The van der Waals surface area contributed by atoms with E-state index in [1.165, 1.54) is 11.8 Å². The molecule has 28 heavy (non-hydrogen) atoms. The van der Waals surface area contributed by atoms with Gasteiger partial charge in [-0.3, -0.25) is 14.3 Å². The highest BCUT2D eigenvalue weighted by Crippen LogP contribution is 2.29. The number of methoxy groups -OCH3 is 1. The maximum Gasteiger partial charge on any atom is 0.233 e. The van der Waals surface area contributed by atoms with E-state index in [9.17, 15) is 4.79 Å². The molecule has 2 heterocycles. The van der Waals surface area contributed by atoms with Gasteiger partial charge in [0.05, 0.1) is 5.25 Å². The number of amides is 1. The van der Waals surface area contributed by atoms with E-state index in [1.807, 2.05) is 54.0 Å². The molecule has 3 aromatic rings. The molecule has 0 aliphatic heterocycles. The number of hydrogen-bond donors (Lipinski definition) is 1. The van der Waals surface area contributed by atoms with Gasteiger partial charge in [-0.25, -0.2) is 0 Å². The number of para-hydroxylation sites is 1. The molecule has 1 N–H and O–H groups in total. The highest BCUT2D eigenvalue weighted by Gasteiger charge is 2.21. The monoisotopic (exact) mass is 397 g/mol. The zero-order valence-electron chi connectivity index (χ0n) is 15.9. The molecule has 2 aromatic heterocycles. The fraction of sp³-hybridized carbons (Fsp3) is 0.300. The summed E-state index contributed by atoms with van der Waals surface area (Å²) in [6, 6.07) is 13.7. The number of carbonyl (C=O) groups excluding carboxylic acids is 1. The molecule has 146 valence electrons. The number of pyridine rings is 1. The second-order valence-electron chi connectivity index (χ2n) is 6.11. The van der Waals surface area contributed by atoms with Crippen LogP contribution in [0.25, 0.3) is 17.1 Å². The van der Waals surface area contributed by atoms with Crippen LogP contribution < -0.4 is 5.32 Å². The Morgan fingerprint density at radius 2 is 1.93 bits per heavy atom. The van der Waals surface area contributed by atoms with E-state index in [1.54, 1.807) is 19.5 Å². The summed E-state index contributed by atoms with van der Waals surface area (Å²) in [6.45, 7) is 3.08. The Morgan fingerprint density at radius 3 is 2.64 bits per heavy atom. The van der Waals surface area contributed by atoms with Crippen molar-refractivity contribution < 1.29 is 9.53 Å². The minimum atomic E-state index is -0.306. The molecule has 1 unspecified atom stereocenters. The number of ether oxygens (including phenoxy) is 1. The van der Waals surface area contributed by atoms with E-state index >= 15 is 0 Å². The van der Waals surface area contributed by atoms with Crippen LogP contribution in [0.4, 0.5) is 0 Å². The van der Waals surface area contributed by atoms with Gasteiger partial charge in [0.25, 0.3) is 0 Å². The second kappa shape index (κ2) is 10.0. The third-order valence-electron chi connectivity index (χ3n) is 4.06. The van der Waals surface area contributed by atoms with Crippen molar-refractivity contribution in [1.29, 1.82) is 0 Å². The van der Waals surface area contributed by atoms with Gasteiger partial charge in [0.15, 0.2) is 11.0 Å². The van der Waals surface area contributed by atoms with Crippen molar-refractivity contribution in [2.24, 2.45) is 0 Å². The molecule has 0 spiro atoms. The molecule has 0 radical (unpaired) electrons. The first-order valence-electron chi connectivity index (χ1n) is 9.05. The molecule has 0 saturated heterocycles. The lowest BCUT2D eigenvalue weighted by molar-refractivity contribution is -0.120. The number of rotatable bonds is 9. The zero-order chi connectivity index (χ0) is 19.8. The van der Waals surface area contributed by atoms with Crippen LogP contribution in [0, 0.1) is 0 Å². The lowest BCUT2D eigenvalue weighted by Crippen LogP contribution is -2.32. The summed E-state index contributed by atoms with van der Waals surface area (Å²) in [4.78, 5) is 16.5. The number of benzene rings is 1. The first-order valence-corrected chi connectivity index (χ1v) is 9.93. The fourth-order valence-corrected chi connectivity index (χ4v) is 3.52. The van der Waals surface area contributed by atoms with E-state index in [2.05, 4.69) is 20.5 Å². The second-order valence-corrected chi connectivity index (χ2v) is 7.42. The van der Waals surface area contributed by atoms with Crippen LogP contribution >= 0.6 is 11.8 Å². The summed E-state index contributed by atoms with van der Waals surface area (Å²) in [5, 5.41) is 12.0. The number of hydrogen-bond acceptors (Lipinski definition) is 6. The number of carbonyl (C=O) groups is 1. The van der Waals surface area contributed by atoms with Crippen LogP contribution in [-0.4, -0.2) is 51.2 Å². The molecule has 0 saturated carbocycles. The summed E-state index contributed by atoms with van der Waals surface area (Å²) in [7, 11) is 1.65. The lowest BCUT2D eigenvalue weighted by Gasteiger charge is -2.14. The van der Waals surface area contributed by atoms with Gasteiger partial charge in [0, 0.05) is 43.9 Å². The first-order chi connectivity index (χ1) is 13.7. The summed E-state index contributed by atoms with van der Waals surface area (Å²) in [6.07, 6.45) is 4.23. The zero-order valence-corrected chi connectivity index (χ0v) is 16.7. The molecule has 1 amide bonds. The van der Waals surface area contributed by atoms with Gasteiger partial charge in [0.2, 0.25) is 5.91 Å². The number of nitrogens with one attached hydrogen (secondary N) is 1. The molecule has 1 atom stereocenters. The van der Waals surface area contributed by atoms with Gasteiger partial charge in [-0.15, -0.1) is 10.2 Å². The summed E-state index contributed by atoms with van der Waals surface area (Å²) >= 11 is 1.38. The van der Waals surface area contributed by atoms with Crippen LogP contribution in [0.5, 0.6) is 0 Å². The van der Waals surface area contributed by atoms with Gasteiger partial charge in [-0.2, -0.15) is 0 Å². The number of thioether (sulfide) groups is 1. The van der Waals surface area contributed by atoms with E-state index in [4.69, 9.17) is 4.74 Å². The average molecular weight is 398 g/mol. The molecule has 8 heteroatoms. The number of nitrogens with zero attached hydrogens (tertiary/aromatic N) is 4. The standard InChI is InChI=1S/C20H23N5O2S/c1-15(19(26)22-11-6-14-27-2)28-20-24-23-18(16-9-12-21-13-10-16)25(20)17-7-4-3-5-8-17/h3-5,7-10,12-13,15H,6,11,14H2,1-2H3,(H,22,26). The molecule has 0 aliphatic carbocycles. The SMILES string of the molecule is COCCCNC(=O)C(C)Sc1nnc(-c2ccncc2)n1-c1ccccc1. The highest BCUT2D eigenvalue weighted by molar-refractivity contribution is 8.00. The van der Waals surface area contributed by atoms with E-state index in [-0.39, 0.29) is 11.2 Å². The molecule has 0 bridgehead atoms. The van der Waals surface area contributed by atoms with Crippen molar-refractivity contribution >= 4 is 17.7 Å². The maximum atomic E-state index is 12.4. The Hall–Kier alpha value is -2.71. The normalized spacial score (nSPS) is 11.9. The highest BCUT2D eigenvalue weighted by atomic mass is 32.2. The smallest absolute Gasteiger partial charge is 0.233 e. The number of aromatic nitrogens is 4. The van der Waals surface area contributed by atoms with Gasteiger partial charge in [0.1, 0.15) is 0 Å².